The molecule has 1 atom stereocenters. The Morgan fingerprint density at radius 3 is 2.65 bits per heavy atom. The van der Waals surface area contributed by atoms with Gasteiger partial charge in [-0.2, -0.15) is 0 Å². The molecule has 1 aliphatic rings. The number of nitrogens with zero attached hydrogens (tertiary/aromatic N) is 2. The standard InChI is InChI=1S/C11H12Cl2N2O2/c12-9-4-7(5-10(13)14-9)11(17)15-3-1-2-8(16)6-15/h4-5,8,16H,1-3,6H2. The van der Waals surface area contributed by atoms with Crippen molar-refractivity contribution < 1.29 is 9.90 Å². The Bertz CT molecular complexity index is 419. The van der Waals surface area contributed by atoms with E-state index in [-0.39, 0.29) is 16.2 Å². The molecule has 92 valence electrons. The number of aliphatic hydroxyl groups excluding tert-OH is 1. The van der Waals surface area contributed by atoms with Gasteiger partial charge in [0.05, 0.1) is 6.10 Å². The van der Waals surface area contributed by atoms with Gasteiger partial charge in [-0.1, -0.05) is 23.2 Å². The molecule has 1 saturated heterocycles. The fraction of sp³-hybridized carbons (Fsp3) is 0.455. The molecule has 1 unspecified atom stereocenters. The van der Waals surface area contributed by atoms with Crippen molar-refractivity contribution in [3.63, 3.8) is 0 Å². The number of hydrogen-bond acceptors (Lipinski definition) is 3. The maximum atomic E-state index is 12.1. The van der Waals surface area contributed by atoms with Crippen LogP contribution in [0.15, 0.2) is 12.1 Å². The molecule has 6 heteroatoms. The summed E-state index contributed by atoms with van der Waals surface area (Å²) in [7, 11) is 0. The summed E-state index contributed by atoms with van der Waals surface area (Å²) in [6.45, 7) is 1.00. The number of pyridine rings is 1. The molecule has 1 fully saturated rings. The molecule has 1 aromatic heterocycles. The van der Waals surface area contributed by atoms with E-state index >= 15 is 0 Å². The number of aliphatic hydroxyl groups is 1. The topological polar surface area (TPSA) is 53.4 Å². The van der Waals surface area contributed by atoms with Crippen molar-refractivity contribution in [2.45, 2.75) is 18.9 Å². The van der Waals surface area contributed by atoms with Crippen molar-refractivity contribution in [2.24, 2.45) is 0 Å². The second kappa shape index (κ2) is 5.21. The van der Waals surface area contributed by atoms with Crippen LogP contribution in [0.3, 0.4) is 0 Å². The molecule has 2 heterocycles. The van der Waals surface area contributed by atoms with E-state index in [4.69, 9.17) is 23.2 Å². The molecule has 0 bridgehead atoms. The van der Waals surface area contributed by atoms with E-state index in [1.54, 1.807) is 4.90 Å². The minimum atomic E-state index is -0.444. The highest BCUT2D eigenvalue weighted by Crippen LogP contribution is 2.18. The molecule has 0 aromatic carbocycles. The average molecular weight is 275 g/mol. The summed E-state index contributed by atoms with van der Waals surface area (Å²) in [5, 5.41) is 9.91. The number of likely N-dealkylation sites (tertiary alicyclic amines) is 1. The van der Waals surface area contributed by atoms with E-state index in [1.165, 1.54) is 12.1 Å². The normalized spacial score (nSPS) is 20.4. The quantitative estimate of drug-likeness (QED) is 0.797. The van der Waals surface area contributed by atoms with Crippen molar-refractivity contribution >= 4 is 29.1 Å². The zero-order valence-corrected chi connectivity index (χ0v) is 10.6. The van der Waals surface area contributed by atoms with Crippen molar-refractivity contribution in [3.05, 3.63) is 28.0 Å². The predicted molar refractivity (Wildman–Crippen MR) is 65.4 cm³/mol. The van der Waals surface area contributed by atoms with Gasteiger partial charge in [0, 0.05) is 18.7 Å². The van der Waals surface area contributed by atoms with Gasteiger partial charge in [0.1, 0.15) is 10.3 Å². The summed E-state index contributed by atoms with van der Waals surface area (Å²) in [4.78, 5) is 17.5. The molecule has 1 aliphatic heterocycles. The molecule has 0 aliphatic carbocycles. The van der Waals surface area contributed by atoms with Crippen LogP contribution in [-0.4, -0.2) is 40.1 Å². The zero-order chi connectivity index (χ0) is 12.4. The van der Waals surface area contributed by atoms with E-state index in [0.29, 0.717) is 18.7 Å². The van der Waals surface area contributed by atoms with Crippen molar-refractivity contribution in [3.8, 4) is 0 Å². The van der Waals surface area contributed by atoms with E-state index < -0.39 is 6.10 Å². The zero-order valence-electron chi connectivity index (χ0n) is 9.07. The lowest BCUT2D eigenvalue weighted by Crippen LogP contribution is -2.42. The van der Waals surface area contributed by atoms with Crippen LogP contribution in [0.4, 0.5) is 0 Å². The van der Waals surface area contributed by atoms with Gasteiger partial charge in [-0.15, -0.1) is 0 Å². The number of amides is 1. The molecule has 1 amide bonds. The SMILES string of the molecule is O=C(c1cc(Cl)nc(Cl)c1)N1CCCC(O)C1. The maximum Gasteiger partial charge on any atom is 0.254 e. The number of hydrogen-bond donors (Lipinski definition) is 1. The Balaban J connectivity index is 2.18. The summed E-state index contributed by atoms with van der Waals surface area (Å²) in [5.74, 6) is -0.171. The average Bonchev–Trinajstić information content (AvgIpc) is 2.26. The molecule has 2 rings (SSSR count). The van der Waals surface area contributed by atoms with Crippen LogP contribution in [-0.2, 0) is 0 Å². The molecule has 4 nitrogen and oxygen atoms in total. The number of carbonyl (C=O) groups excluding carboxylic acids is 1. The lowest BCUT2D eigenvalue weighted by atomic mass is 10.1. The molecule has 1 aromatic rings. The molecule has 0 spiro atoms. The van der Waals surface area contributed by atoms with Crippen LogP contribution in [0, 0.1) is 0 Å². The largest absolute Gasteiger partial charge is 0.391 e. The van der Waals surface area contributed by atoms with E-state index in [1.807, 2.05) is 0 Å². The van der Waals surface area contributed by atoms with Crippen molar-refractivity contribution in [1.29, 1.82) is 0 Å². The van der Waals surface area contributed by atoms with Crippen LogP contribution in [0.2, 0.25) is 10.3 Å². The summed E-state index contributed by atoms with van der Waals surface area (Å²) in [5.41, 5.74) is 0.407. The van der Waals surface area contributed by atoms with E-state index in [2.05, 4.69) is 4.98 Å². The van der Waals surface area contributed by atoms with E-state index in [9.17, 15) is 9.90 Å². The van der Waals surface area contributed by atoms with Crippen molar-refractivity contribution in [2.75, 3.05) is 13.1 Å². The summed E-state index contributed by atoms with van der Waals surface area (Å²) >= 11 is 11.5. The number of halogens is 2. The number of β-amino-alcohol motifs (C(OH)–C–C–N with tert-alkyl or cyclic N) is 1. The monoisotopic (exact) mass is 274 g/mol. The Labute approximate surface area is 109 Å². The third-order valence-electron chi connectivity index (χ3n) is 2.69. The lowest BCUT2D eigenvalue weighted by Gasteiger charge is -2.30. The summed E-state index contributed by atoms with van der Waals surface area (Å²) < 4.78 is 0. The fourth-order valence-corrected chi connectivity index (χ4v) is 2.37. The molecule has 0 saturated carbocycles. The van der Waals surface area contributed by atoms with Crippen LogP contribution >= 0.6 is 23.2 Å². The number of piperidine rings is 1. The van der Waals surface area contributed by atoms with Gasteiger partial charge in [0.2, 0.25) is 0 Å². The number of aromatic nitrogens is 1. The summed E-state index contributed by atoms with van der Waals surface area (Å²) in [6.07, 6.45) is 1.10. The smallest absolute Gasteiger partial charge is 0.254 e. The fourth-order valence-electron chi connectivity index (χ4n) is 1.91. The Kier molecular flexibility index (Phi) is 3.86. The van der Waals surface area contributed by atoms with Gasteiger partial charge >= 0.3 is 0 Å². The van der Waals surface area contributed by atoms with Crippen molar-refractivity contribution in [1.82, 2.24) is 9.88 Å². The second-order valence-electron chi connectivity index (χ2n) is 4.05. The Hall–Kier alpha value is -0.840. The molecule has 17 heavy (non-hydrogen) atoms. The van der Waals surface area contributed by atoms with Gasteiger partial charge in [-0.3, -0.25) is 4.79 Å². The first-order valence-corrected chi connectivity index (χ1v) is 6.12. The van der Waals surface area contributed by atoms with Gasteiger partial charge in [-0.25, -0.2) is 4.98 Å². The summed E-state index contributed by atoms with van der Waals surface area (Å²) in [6, 6.07) is 2.97. The highest BCUT2D eigenvalue weighted by molar-refractivity contribution is 6.33. The molecule has 0 radical (unpaired) electrons. The maximum absolute atomic E-state index is 12.1. The van der Waals surface area contributed by atoms with Gasteiger partial charge in [0.25, 0.3) is 5.91 Å². The predicted octanol–water partition coefficient (Wildman–Crippen LogP) is 1.99. The van der Waals surface area contributed by atoms with Gasteiger partial charge in [0.15, 0.2) is 0 Å². The van der Waals surface area contributed by atoms with Crippen LogP contribution < -0.4 is 0 Å². The van der Waals surface area contributed by atoms with Gasteiger partial charge < -0.3 is 10.0 Å². The second-order valence-corrected chi connectivity index (χ2v) is 4.82. The first-order chi connectivity index (χ1) is 8.06. The first-order valence-electron chi connectivity index (χ1n) is 5.36. The first kappa shape index (κ1) is 12.6. The minimum absolute atomic E-state index is 0.171. The molecular formula is C11H12Cl2N2O2. The lowest BCUT2D eigenvalue weighted by molar-refractivity contribution is 0.0473. The minimum Gasteiger partial charge on any atom is -0.391 e. The molecular weight excluding hydrogens is 263 g/mol. The Morgan fingerprint density at radius 2 is 2.06 bits per heavy atom. The third kappa shape index (κ3) is 3.09. The van der Waals surface area contributed by atoms with Crippen LogP contribution in [0.5, 0.6) is 0 Å². The van der Waals surface area contributed by atoms with Crippen LogP contribution in [0.25, 0.3) is 0 Å². The highest BCUT2D eigenvalue weighted by Gasteiger charge is 2.23. The van der Waals surface area contributed by atoms with Gasteiger partial charge in [-0.05, 0) is 25.0 Å². The van der Waals surface area contributed by atoms with Crippen LogP contribution in [0.1, 0.15) is 23.2 Å². The van der Waals surface area contributed by atoms with E-state index in [0.717, 1.165) is 12.8 Å². The highest BCUT2D eigenvalue weighted by atomic mass is 35.5. The Morgan fingerprint density at radius 1 is 1.41 bits per heavy atom. The third-order valence-corrected chi connectivity index (χ3v) is 3.08. The number of rotatable bonds is 1. The molecule has 1 N–H and O–H groups in total. The number of carbonyl (C=O) groups is 1.